The van der Waals surface area contributed by atoms with Crippen molar-refractivity contribution >= 4 is 17.1 Å². The molecule has 0 saturated carbocycles. The Hall–Kier alpha value is -2.35. The van der Waals surface area contributed by atoms with E-state index in [1.165, 1.54) is 45.0 Å². The molecule has 2 heteroatoms. The number of anilines is 1. The van der Waals surface area contributed by atoms with Crippen LogP contribution in [0.25, 0.3) is 0 Å². The lowest BCUT2D eigenvalue weighted by Gasteiger charge is -2.27. The first-order valence-corrected chi connectivity index (χ1v) is 11.0. The van der Waals surface area contributed by atoms with Crippen LogP contribution in [0.1, 0.15) is 63.8 Å². The van der Waals surface area contributed by atoms with Gasteiger partial charge in [-0.05, 0) is 59.2 Å². The van der Waals surface area contributed by atoms with Gasteiger partial charge in [0.2, 0.25) is 5.69 Å². The number of fused-ring (bicyclic) bond motifs is 2. The van der Waals surface area contributed by atoms with Crippen molar-refractivity contribution in [2.45, 2.75) is 66.2 Å². The maximum absolute atomic E-state index is 2.51. The fraction of sp³-hybridized carbons (Fsp3) is 0.444. The summed E-state index contributed by atoms with van der Waals surface area (Å²) in [6, 6.07) is 13.8. The van der Waals surface area contributed by atoms with Crippen molar-refractivity contribution in [2.24, 2.45) is 0 Å². The molecule has 29 heavy (non-hydrogen) atoms. The van der Waals surface area contributed by atoms with E-state index >= 15 is 0 Å². The van der Waals surface area contributed by atoms with Gasteiger partial charge in [0.25, 0.3) is 0 Å². The van der Waals surface area contributed by atoms with Crippen LogP contribution in [-0.2, 0) is 10.8 Å². The molecule has 0 unspecified atom stereocenters. The Morgan fingerprint density at radius 1 is 0.862 bits per heavy atom. The fourth-order valence-corrected chi connectivity index (χ4v) is 5.31. The van der Waals surface area contributed by atoms with E-state index in [-0.39, 0.29) is 10.8 Å². The molecule has 0 aromatic heterocycles. The maximum Gasteiger partial charge on any atom is 0.209 e. The molecule has 0 saturated heterocycles. The molecule has 2 aliphatic rings. The highest BCUT2D eigenvalue weighted by Crippen LogP contribution is 2.49. The SMILES string of the molecule is CCN1C(=CC2=[N+](CC)c3ccc(C)cc3C2(C)C)C(C)(C)c2cc(C)ccc21. The molecule has 0 radical (unpaired) electrons. The molecule has 2 aliphatic heterocycles. The minimum atomic E-state index is -0.00938. The number of aryl methyl sites for hydroxylation is 2. The summed E-state index contributed by atoms with van der Waals surface area (Å²) in [5.41, 5.74) is 11.1. The second kappa shape index (κ2) is 6.58. The van der Waals surface area contributed by atoms with E-state index in [1.807, 2.05) is 0 Å². The molecule has 0 spiro atoms. The van der Waals surface area contributed by atoms with Crippen LogP contribution < -0.4 is 4.90 Å². The van der Waals surface area contributed by atoms with Crippen molar-refractivity contribution in [3.63, 3.8) is 0 Å². The Kier molecular flexibility index (Phi) is 4.53. The Labute approximate surface area is 176 Å². The van der Waals surface area contributed by atoms with Crippen LogP contribution in [-0.4, -0.2) is 23.4 Å². The number of nitrogens with zero attached hydrogens (tertiary/aromatic N) is 2. The van der Waals surface area contributed by atoms with Gasteiger partial charge in [-0.3, -0.25) is 0 Å². The average molecular weight is 388 g/mol. The van der Waals surface area contributed by atoms with Gasteiger partial charge in [0.05, 0.1) is 5.41 Å². The third kappa shape index (κ3) is 2.79. The zero-order valence-electron chi connectivity index (χ0n) is 19.4. The lowest BCUT2D eigenvalue weighted by Crippen LogP contribution is -2.32. The zero-order valence-corrected chi connectivity index (χ0v) is 19.4. The van der Waals surface area contributed by atoms with Gasteiger partial charge in [-0.1, -0.05) is 43.2 Å². The van der Waals surface area contributed by atoms with Gasteiger partial charge >= 0.3 is 0 Å². The first-order valence-electron chi connectivity index (χ1n) is 11.0. The van der Waals surface area contributed by atoms with E-state index in [1.54, 1.807) is 0 Å². The molecular weight excluding hydrogens is 352 g/mol. The lowest BCUT2D eigenvalue weighted by molar-refractivity contribution is -0.433. The van der Waals surface area contributed by atoms with Crippen LogP contribution in [0.5, 0.6) is 0 Å². The van der Waals surface area contributed by atoms with E-state index in [2.05, 4.69) is 107 Å². The van der Waals surface area contributed by atoms with Crippen molar-refractivity contribution < 1.29 is 4.58 Å². The molecule has 2 heterocycles. The smallest absolute Gasteiger partial charge is 0.209 e. The minimum Gasteiger partial charge on any atom is -0.344 e. The van der Waals surface area contributed by atoms with Gasteiger partial charge in [0.1, 0.15) is 6.54 Å². The maximum atomic E-state index is 2.51. The summed E-state index contributed by atoms with van der Waals surface area (Å²) < 4.78 is 2.51. The van der Waals surface area contributed by atoms with Gasteiger partial charge in [-0.2, -0.15) is 4.58 Å². The largest absolute Gasteiger partial charge is 0.344 e. The van der Waals surface area contributed by atoms with E-state index in [0.29, 0.717) is 0 Å². The second-order valence-electron chi connectivity index (χ2n) is 9.69. The summed E-state index contributed by atoms with van der Waals surface area (Å²) in [4.78, 5) is 2.51. The van der Waals surface area contributed by atoms with Crippen molar-refractivity contribution in [1.29, 1.82) is 0 Å². The Morgan fingerprint density at radius 2 is 1.48 bits per heavy atom. The topological polar surface area (TPSA) is 6.25 Å². The molecule has 0 amide bonds. The summed E-state index contributed by atoms with van der Waals surface area (Å²) in [5, 5.41) is 0. The molecule has 152 valence electrons. The Bertz CT molecular complexity index is 1050. The first-order chi connectivity index (χ1) is 13.6. The average Bonchev–Trinajstić information content (AvgIpc) is 3.01. The van der Waals surface area contributed by atoms with Gasteiger partial charge in [0.15, 0.2) is 5.71 Å². The van der Waals surface area contributed by atoms with E-state index in [9.17, 15) is 0 Å². The molecule has 0 N–H and O–H groups in total. The summed E-state index contributed by atoms with van der Waals surface area (Å²) in [5.74, 6) is 0. The fourth-order valence-electron chi connectivity index (χ4n) is 5.31. The zero-order chi connectivity index (χ0) is 21.1. The van der Waals surface area contributed by atoms with Crippen molar-refractivity contribution in [3.05, 3.63) is 70.4 Å². The van der Waals surface area contributed by atoms with Crippen LogP contribution in [0.4, 0.5) is 11.4 Å². The van der Waals surface area contributed by atoms with Gasteiger partial charge in [0, 0.05) is 41.1 Å². The monoisotopic (exact) mass is 387 g/mol. The number of rotatable bonds is 3. The van der Waals surface area contributed by atoms with Crippen LogP contribution in [0.2, 0.25) is 0 Å². The normalized spacial score (nSPS) is 20.4. The van der Waals surface area contributed by atoms with Gasteiger partial charge < -0.3 is 4.90 Å². The van der Waals surface area contributed by atoms with Crippen LogP contribution in [0, 0.1) is 13.8 Å². The number of hydrogen-bond acceptors (Lipinski definition) is 1. The summed E-state index contributed by atoms with van der Waals surface area (Å²) in [6.07, 6.45) is 2.50. The molecule has 2 aromatic carbocycles. The molecular formula is C27H35N2+. The second-order valence-corrected chi connectivity index (χ2v) is 9.69. The molecule has 0 atom stereocenters. The predicted molar refractivity (Wildman–Crippen MR) is 125 cm³/mol. The van der Waals surface area contributed by atoms with Crippen LogP contribution >= 0.6 is 0 Å². The summed E-state index contributed by atoms with van der Waals surface area (Å²) in [6.45, 7) is 20.4. The lowest BCUT2D eigenvalue weighted by atomic mass is 9.78. The van der Waals surface area contributed by atoms with Gasteiger partial charge in [-0.15, -0.1) is 0 Å². The van der Waals surface area contributed by atoms with E-state index in [0.717, 1.165) is 13.1 Å². The first kappa shape index (κ1) is 19.9. The minimum absolute atomic E-state index is 0.00938. The number of likely N-dealkylation sites (N-methyl/N-ethyl adjacent to an activating group) is 1. The van der Waals surface area contributed by atoms with Crippen molar-refractivity contribution in [1.82, 2.24) is 0 Å². The molecule has 0 aliphatic carbocycles. The van der Waals surface area contributed by atoms with Crippen LogP contribution in [0.15, 0.2) is 48.2 Å². The quantitative estimate of drug-likeness (QED) is 0.552. The van der Waals surface area contributed by atoms with E-state index in [4.69, 9.17) is 0 Å². The summed E-state index contributed by atoms with van der Waals surface area (Å²) >= 11 is 0. The molecule has 2 nitrogen and oxygen atoms in total. The highest BCUT2D eigenvalue weighted by molar-refractivity contribution is 6.04. The predicted octanol–water partition coefficient (Wildman–Crippen LogP) is 6.40. The highest BCUT2D eigenvalue weighted by atomic mass is 15.2. The molecule has 0 fully saturated rings. The Balaban J connectivity index is 1.94. The van der Waals surface area contributed by atoms with Gasteiger partial charge in [-0.25, -0.2) is 0 Å². The third-order valence-electron chi connectivity index (χ3n) is 7.00. The van der Waals surface area contributed by atoms with E-state index < -0.39 is 0 Å². The summed E-state index contributed by atoms with van der Waals surface area (Å²) in [7, 11) is 0. The standard InChI is InChI=1S/C27H35N2/c1-9-28-22-13-11-18(3)15-20(22)26(5,6)24(28)17-25-27(7,8)21-16-19(4)12-14-23(21)29(25)10-2/h11-17H,9-10H2,1-8H3/q+1. The molecule has 4 rings (SSSR count). The molecule has 0 bridgehead atoms. The molecule has 2 aromatic rings. The number of allylic oxidation sites excluding steroid dienone is 2. The van der Waals surface area contributed by atoms with Crippen molar-refractivity contribution in [2.75, 3.05) is 18.0 Å². The third-order valence-corrected chi connectivity index (χ3v) is 7.00. The number of hydrogen-bond donors (Lipinski definition) is 0. The number of benzene rings is 2. The van der Waals surface area contributed by atoms with Crippen molar-refractivity contribution in [3.8, 4) is 0 Å². The Morgan fingerprint density at radius 3 is 2.10 bits per heavy atom. The van der Waals surface area contributed by atoms with Crippen LogP contribution in [0.3, 0.4) is 0 Å². The highest BCUT2D eigenvalue weighted by Gasteiger charge is 2.47.